The van der Waals surface area contributed by atoms with Crippen LogP contribution in [-0.4, -0.2) is 36.0 Å². The Morgan fingerprint density at radius 2 is 2.13 bits per heavy atom. The van der Waals surface area contributed by atoms with Gasteiger partial charge in [0, 0.05) is 25.6 Å². The van der Waals surface area contributed by atoms with Gasteiger partial charge in [-0.05, 0) is 46.1 Å². The summed E-state index contributed by atoms with van der Waals surface area (Å²) in [6.45, 7) is 11.5. The van der Waals surface area contributed by atoms with Crippen molar-refractivity contribution in [3.63, 3.8) is 0 Å². The number of rotatable bonds is 2. The van der Waals surface area contributed by atoms with Crippen molar-refractivity contribution in [1.82, 2.24) is 10.2 Å². The van der Waals surface area contributed by atoms with E-state index < -0.39 is 0 Å². The van der Waals surface area contributed by atoms with E-state index in [4.69, 9.17) is 0 Å². The van der Waals surface area contributed by atoms with Crippen LogP contribution >= 0.6 is 0 Å². The number of likely N-dealkylation sites (tertiary alicyclic amines) is 1. The van der Waals surface area contributed by atoms with Crippen LogP contribution in [0, 0.1) is 5.92 Å². The molecule has 0 aliphatic carbocycles. The van der Waals surface area contributed by atoms with Crippen molar-refractivity contribution in [2.75, 3.05) is 19.6 Å². The summed E-state index contributed by atoms with van der Waals surface area (Å²) >= 11 is 0. The number of hydrogen-bond donors (Lipinski definition) is 1. The number of carbonyl (C=O) groups excluding carboxylic acids is 1. The molecule has 88 valence electrons. The van der Waals surface area contributed by atoms with E-state index in [-0.39, 0.29) is 11.4 Å². The number of nitrogens with zero attached hydrogens (tertiary/aromatic N) is 1. The monoisotopic (exact) mass is 212 g/mol. The number of carbonyl (C=O) groups is 1. The van der Waals surface area contributed by atoms with Crippen LogP contribution in [0.1, 0.15) is 40.5 Å². The molecular formula is C12H24N2O. The van der Waals surface area contributed by atoms with Crippen LogP contribution in [0.25, 0.3) is 0 Å². The first-order chi connectivity index (χ1) is 6.89. The molecule has 1 aliphatic rings. The van der Waals surface area contributed by atoms with Crippen LogP contribution in [0.5, 0.6) is 0 Å². The summed E-state index contributed by atoms with van der Waals surface area (Å²) in [5.41, 5.74) is 0.259. The minimum atomic E-state index is 0.0860. The Morgan fingerprint density at radius 1 is 1.47 bits per heavy atom. The highest BCUT2D eigenvalue weighted by atomic mass is 16.1. The lowest BCUT2D eigenvalue weighted by Gasteiger charge is -2.41. The smallest absolute Gasteiger partial charge is 0.216 e. The molecule has 1 fully saturated rings. The lowest BCUT2D eigenvalue weighted by Crippen LogP contribution is -2.49. The largest absolute Gasteiger partial charge is 0.356 e. The molecule has 15 heavy (non-hydrogen) atoms. The second kappa shape index (κ2) is 4.97. The topological polar surface area (TPSA) is 32.3 Å². The fourth-order valence-corrected chi connectivity index (χ4v) is 2.13. The second-order valence-electron chi connectivity index (χ2n) is 5.56. The first kappa shape index (κ1) is 12.5. The maximum atomic E-state index is 10.8. The van der Waals surface area contributed by atoms with Crippen LogP contribution in [0.2, 0.25) is 0 Å². The van der Waals surface area contributed by atoms with Gasteiger partial charge in [-0.3, -0.25) is 9.69 Å². The molecule has 1 saturated heterocycles. The van der Waals surface area contributed by atoms with Gasteiger partial charge in [0.05, 0.1) is 0 Å². The van der Waals surface area contributed by atoms with Crippen molar-refractivity contribution in [1.29, 1.82) is 0 Å². The van der Waals surface area contributed by atoms with E-state index in [0.717, 1.165) is 13.1 Å². The number of nitrogens with one attached hydrogen (secondary N) is 1. The van der Waals surface area contributed by atoms with Gasteiger partial charge in [0.15, 0.2) is 0 Å². The third kappa shape index (κ3) is 4.20. The molecule has 3 heteroatoms. The van der Waals surface area contributed by atoms with E-state index in [1.807, 2.05) is 0 Å². The average Bonchev–Trinajstić information content (AvgIpc) is 2.14. The summed E-state index contributed by atoms with van der Waals surface area (Å²) in [5, 5.41) is 2.92. The molecule has 1 amide bonds. The highest BCUT2D eigenvalue weighted by molar-refractivity contribution is 5.72. The van der Waals surface area contributed by atoms with Gasteiger partial charge in [-0.1, -0.05) is 0 Å². The molecule has 0 aromatic carbocycles. The SMILES string of the molecule is CC(=O)NCC1CCCN(C(C)(C)C)C1. The summed E-state index contributed by atoms with van der Waals surface area (Å²) in [6, 6.07) is 0. The fraction of sp³-hybridized carbons (Fsp3) is 0.917. The Hall–Kier alpha value is -0.570. The molecule has 1 atom stereocenters. The Labute approximate surface area is 93.2 Å². The first-order valence-electron chi connectivity index (χ1n) is 5.89. The molecule has 0 radical (unpaired) electrons. The Morgan fingerprint density at radius 3 is 2.67 bits per heavy atom. The minimum absolute atomic E-state index is 0.0860. The van der Waals surface area contributed by atoms with E-state index in [1.54, 1.807) is 6.92 Å². The minimum Gasteiger partial charge on any atom is -0.356 e. The van der Waals surface area contributed by atoms with E-state index in [2.05, 4.69) is 31.0 Å². The summed E-state index contributed by atoms with van der Waals surface area (Å²) in [4.78, 5) is 13.4. The van der Waals surface area contributed by atoms with Crippen molar-refractivity contribution in [2.24, 2.45) is 5.92 Å². The van der Waals surface area contributed by atoms with E-state index in [9.17, 15) is 4.79 Å². The molecule has 1 heterocycles. The van der Waals surface area contributed by atoms with Gasteiger partial charge in [0.1, 0.15) is 0 Å². The predicted molar refractivity (Wildman–Crippen MR) is 62.7 cm³/mol. The van der Waals surface area contributed by atoms with Gasteiger partial charge in [-0.25, -0.2) is 0 Å². The molecule has 0 aromatic heterocycles. The Kier molecular flexibility index (Phi) is 4.14. The molecule has 1 rings (SSSR count). The molecule has 0 bridgehead atoms. The van der Waals surface area contributed by atoms with Crippen LogP contribution in [0.4, 0.5) is 0 Å². The average molecular weight is 212 g/mol. The van der Waals surface area contributed by atoms with E-state index in [1.165, 1.54) is 19.4 Å². The molecule has 1 unspecified atom stereocenters. The summed E-state index contributed by atoms with van der Waals surface area (Å²) < 4.78 is 0. The summed E-state index contributed by atoms with van der Waals surface area (Å²) in [7, 11) is 0. The van der Waals surface area contributed by atoms with Gasteiger partial charge in [0.25, 0.3) is 0 Å². The lowest BCUT2D eigenvalue weighted by atomic mass is 9.93. The van der Waals surface area contributed by atoms with Crippen LogP contribution in [0.15, 0.2) is 0 Å². The molecular weight excluding hydrogens is 188 g/mol. The zero-order valence-corrected chi connectivity index (χ0v) is 10.5. The number of amides is 1. The van der Waals surface area contributed by atoms with Gasteiger partial charge >= 0.3 is 0 Å². The number of hydrogen-bond acceptors (Lipinski definition) is 2. The quantitative estimate of drug-likeness (QED) is 0.754. The molecule has 1 N–H and O–H groups in total. The van der Waals surface area contributed by atoms with E-state index >= 15 is 0 Å². The Bertz CT molecular complexity index is 220. The molecule has 0 saturated carbocycles. The Balaban J connectivity index is 2.39. The van der Waals surface area contributed by atoms with Crippen LogP contribution in [0.3, 0.4) is 0 Å². The van der Waals surface area contributed by atoms with Crippen molar-refractivity contribution < 1.29 is 4.79 Å². The highest BCUT2D eigenvalue weighted by Gasteiger charge is 2.27. The van der Waals surface area contributed by atoms with Crippen LogP contribution < -0.4 is 5.32 Å². The van der Waals surface area contributed by atoms with Crippen molar-refractivity contribution in [3.05, 3.63) is 0 Å². The zero-order chi connectivity index (χ0) is 11.5. The third-order valence-corrected chi connectivity index (χ3v) is 3.11. The van der Waals surface area contributed by atoms with Gasteiger partial charge < -0.3 is 5.32 Å². The normalized spacial score (nSPS) is 23.9. The second-order valence-corrected chi connectivity index (χ2v) is 5.56. The maximum absolute atomic E-state index is 10.8. The third-order valence-electron chi connectivity index (χ3n) is 3.11. The van der Waals surface area contributed by atoms with Crippen molar-refractivity contribution in [2.45, 2.75) is 46.1 Å². The lowest BCUT2D eigenvalue weighted by molar-refractivity contribution is -0.119. The standard InChI is InChI=1S/C12H24N2O/c1-10(15)13-8-11-6-5-7-14(9-11)12(2,3)4/h11H,5-9H2,1-4H3,(H,13,15). The van der Waals surface area contributed by atoms with Gasteiger partial charge in [-0.2, -0.15) is 0 Å². The molecule has 0 aromatic rings. The number of piperidine rings is 1. The van der Waals surface area contributed by atoms with E-state index in [0.29, 0.717) is 5.92 Å². The highest BCUT2D eigenvalue weighted by Crippen LogP contribution is 2.23. The van der Waals surface area contributed by atoms with Crippen molar-refractivity contribution >= 4 is 5.91 Å². The summed E-state index contributed by atoms with van der Waals surface area (Å²) in [6.07, 6.45) is 2.49. The van der Waals surface area contributed by atoms with Gasteiger partial charge in [0.2, 0.25) is 5.91 Å². The predicted octanol–water partition coefficient (Wildman–Crippen LogP) is 1.63. The zero-order valence-electron chi connectivity index (χ0n) is 10.5. The maximum Gasteiger partial charge on any atom is 0.216 e. The summed E-state index contributed by atoms with van der Waals surface area (Å²) in [5.74, 6) is 0.713. The van der Waals surface area contributed by atoms with Gasteiger partial charge in [-0.15, -0.1) is 0 Å². The molecule has 1 aliphatic heterocycles. The molecule has 0 spiro atoms. The first-order valence-corrected chi connectivity index (χ1v) is 5.89. The fourth-order valence-electron chi connectivity index (χ4n) is 2.13. The van der Waals surface area contributed by atoms with Crippen LogP contribution in [-0.2, 0) is 4.79 Å². The molecule has 3 nitrogen and oxygen atoms in total. The van der Waals surface area contributed by atoms with Crippen molar-refractivity contribution in [3.8, 4) is 0 Å².